The number of thioether (sulfide) groups is 1. The van der Waals surface area contributed by atoms with Crippen LogP contribution in [0.5, 0.6) is 0 Å². The monoisotopic (exact) mass is 447 g/mol. The van der Waals surface area contributed by atoms with Gasteiger partial charge in [0.2, 0.25) is 11.8 Å². The van der Waals surface area contributed by atoms with Crippen LogP contribution in [0.4, 0.5) is 0 Å². The summed E-state index contributed by atoms with van der Waals surface area (Å²) in [5.74, 6) is 0.393. The van der Waals surface area contributed by atoms with Gasteiger partial charge in [0.15, 0.2) is 0 Å². The first-order chi connectivity index (χ1) is 15.7. The van der Waals surface area contributed by atoms with Crippen LogP contribution >= 0.6 is 11.8 Å². The van der Waals surface area contributed by atoms with Gasteiger partial charge in [0, 0.05) is 54.0 Å². The van der Waals surface area contributed by atoms with Gasteiger partial charge in [0.05, 0.1) is 6.04 Å². The molecule has 5 nitrogen and oxygen atoms in total. The van der Waals surface area contributed by atoms with E-state index in [9.17, 15) is 9.59 Å². The lowest BCUT2D eigenvalue weighted by molar-refractivity contribution is -0.134. The highest BCUT2D eigenvalue weighted by Gasteiger charge is 2.34. The van der Waals surface area contributed by atoms with Gasteiger partial charge in [0.1, 0.15) is 0 Å². The summed E-state index contributed by atoms with van der Waals surface area (Å²) in [6.07, 6.45) is 5.71. The number of likely N-dealkylation sites (tertiary alicyclic amines) is 1. The first-order valence-electron chi connectivity index (χ1n) is 11.5. The van der Waals surface area contributed by atoms with E-state index in [1.807, 2.05) is 9.80 Å². The van der Waals surface area contributed by atoms with Crippen molar-refractivity contribution in [2.24, 2.45) is 0 Å². The van der Waals surface area contributed by atoms with Gasteiger partial charge in [-0.25, -0.2) is 0 Å². The molecule has 0 spiro atoms. The topological polar surface area (TPSA) is 56.4 Å². The lowest BCUT2D eigenvalue weighted by atomic mass is 9.92. The SMILES string of the molecule is CSc1ccc([C@H]2c3[nH]c4ccccc4c3CCN2C(=O)CCCN2CCCC2=O)cc1. The summed E-state index contributed by atoms with van der Waals surface area (Å²) < 4.78 is 0. The number of nitrogens with zero attached hydrogens (tertiary/aromatic N) is 2. The van der Waals surface area contributed by atoms with Crippen molar-refractivity contribution in [3.05, 3.63) is 65.4 Å². The molecule has 166 valence electrons. The fraction of sp³-hybridized carbons (Fsp3) is 0.385. The number of carbonyl (C=O) groups excluding carboxylic acids is 2. The molecule has 2 amide bonds. The first-order valence-corrected chi connectivity index (χ1v) is 12.7. The maximum Gasteiger partial charge on any atom is 0.223 e. The van der Waals surface area contributed by atoms with Crippen LogP contribution in [0, 0.1) is 0 Å². The smallest absolute Gasteiger partial charge is 0.223 e. The molecule has 3 heterocycles. The van der Waals surface area contributed by atoms with Gasteiger partial charge < -0.3 is 14.8 Å². The molecule has 1 aromatic heterocycles. The Morgan fingerprint density at radius 2 is 1.91 bits per heavy atom. The Kier molecular flexibility index (Phi) is 5.96. The molecule has 0 aliphatic carbocycles. The van der Waals surface area contributed by atoms with Gasteiger partial charge in [-0.15, -0.1) is 11.8 Å². The number of hydrogen-bond acceptors (Lipinski definition) is 3. The van der Waals surface area contributed by atoms with E-state index < -0.39 is 0 Å². The highest BCUT2D eigenvalue weighted by Crippen LogP contribution is 2.39. The van der Waals surface area contributed by atoms with E-state index in [4.69, 9.17) is 0 Å². The number of aromatic nitrogens is 1. The fourth-order valence-electron chi connectivity index (χ4n) is 5.15. The predicted octanol–water partition coefficient (Wildman–Crippen LogP) is 4.77. The molecule has 1 atom stereocenters. The number of rotatable bonds is 6. The van der Waals surface area contributed by atoms with Crippen LogP contribution in [0.1, 0.15) is 48.5 Å². The van der Waals surface area contributed by atoms with E-state index in [2.05, 4.69) is 59.8 Å². The van der Waals surface area contributed by atoms with E-state index in [-0.39, 0.29) is 17.9 Å². The Balaban J connectivity index is 1.42. The molecule has 1 N–H and O–H groups in total. The quantitative estimate of drug-likeness (QED) is 0.554. The highest BCUT2D eigenvalue weighted by atomic mass is 32.2. The molecule has 2 aromatic carbocycles. The van der Waals surface area contributed by atoms with Crippen LogP contribution in [-0.2, 0) is 16.0 Å². The summed E-state index contributed by atoms with van der Waals surface area (Å²) in [5.41, 5.74) is 4.73. The summed E-state index contributed by atoms with van der Waals surface area (Å²) in [7, 11) is 0. The average Bonchev–Trinajstić information content (AvgIpc) is 3.41. The zero-order valence-corrected chi connectivity index (χ0v) is 19.3. The van der Waals surface area contributed by atoms with Crippen LogP contribution in [0.2, 0.25) is 0 Å². The van der Waals surface area contributed by atoms with Crippen LogP contribution in [0.25, 0.3) is 10.9 Å². The van der Waals surface area contributed by atoms with Gasteiger partial charge in [-0.2, -0.15) is 0 Å². The number of hydrogen-bond donors (Lipinski definition) is 1. The Labute approximate surface area is 193 Å². The lowest BCUT2D eigenvalue weighted by Crippen LogP contribution is -2.40. The zero-order valence-electron chi connectivity index (χ0n) is 18.5. The van der Waals surface area contributed by atoms with Crippen LogP contribution in [-0.4, -0.2) is 52.5 Å². The van der Waals surface area contributed by atoms with Crippen LogP contribution in [0.3, 0.4) is 0 Å². The average molecular weight is 448 g/mol. The van der Waals surface area contributed by atoms with Crippen molar-refractivity contribution in [1.29, 1.82) is 0 Å². The molecule has 32 heavy (non-hydrogen) atoms. The molecule has 0 bridgehead atoms. The van der Waals surface area contributed by atoms with E-state index >= 15 is 0 Å². The molecular formula is C26H29N3O2S. The van der Waals surface area contributed by atoms with Gasteiger partial charge >= 0.3 is 0 Å². The van der Waals surface area contributed by atoms with Crippen molar-refractivity contribution in [3.8, 4) is 0 Å². The molecule has 1 fully saturated rings. The number of para-hydroxylation sites is 1. The number of fused-ring (bicyclic) bond motifs is 3. The van der Waals surface area contributed by atoms with Gasteiger partial charge in [-0.3, -0.25) is 9.59 Å². The largest absolute Gasteiger partial charge is 0.356 e. The molecule has 2 aliphatic rings. The Morgan fingerprint density at radius 1 is 1.09 bits per heavy atom. The second kappa shape index (κ2) is 9.02. The van der Waals surface area contributed by atoms with E-state index in [0.717, 1.165) is 42.6 Å². The lowest BCUT2D eigenvalue weighted by Gasteiger charge is -2.36. The maximum absolute atomic E-state index is 13.4. The van der Waals surface area contributed by atoms with Crippen LogP contribution < -0.4 is 0 Å². The van der Waals surface area contributed by atoms with E-state index in [0.29, 0.717) is 25.9 Å². The van der Waals surface area contributed by atoms with Crippen molar-refractivity contribution in [2.75, 3.05) is 25.9 Å². The Bertz CT molecular complexity index is 1140. The predicted molar refractivity (Wildman–Crippen MR) is 129 cm³/mol. The molecule has 5 rings (SSSR count). The molecular weight excluding hydrogens is 418 g/mol. The third-order valence-corrected chi connectivity index (χ3v) is 7.52. The third kappa shape index (κ3) is 3.92. The van der Waals surface area contributed by atoms with Gasteiger partial charge in [-0.1, -0.05) is 30.3 Å². The number of nitrogens with one attached hydrogen (secondary N) is 1. The minimum atomic E-state index is -0.108. The number of benzene rings is 2. The molecule has 3 aromatic rings. The van der Waals surface area contributed by atoms with Crippen molar-refractivity contribution < 1.29 is 9.59 Å². The molecule has 0 saturated carbocycles. The summed E-state index contributed by atoms with van der Waals surface area (Å²) in [5, 5.41) is 1.26. The summed E-state index contributed by atoms with van der Waals surface area (Å²) in [4.78, 5) is 34.1. The number of amides is 2. The molecule has 0 unspecified atom stereocenters. The molecule has 2 aliphatic heterocycles. The van der Waals surface area contributed by atoms with Crippen LogP contribution in [0.15, 0.2) is 53.4 Å². The van der Waals surface area contributed by atoms with E-state index in [1.54, 1.807) is 11.8 Å². The van der Waals surface area contributed by atoms with Crippen molar-refractivity contribution in [1.82, 2.24) is 14.8 Å². The number of carbonyl (C=O) groups is 2. The van der Waals surface area contributed by atoms with Gasteiger partial charge in [-0.05, 0) is 54.8 Å². The summed E-state index contributed by atoms with van der Waals surface area (Å²) in [6.45, 7) is 2.23. The molecule has 6 heteroatoms. The maximum atomic E-state index is 13.4. The van der Waals surface area contributed by atoms with Crippen molar-refractivity contribution in [3.63, 3.8) is 0 Å². The second-order valence-electron chi connectivity index (χ2n) is 8.66. The summed E-state index contributed by atoms with van der Waals surface area (Å²) >= 11 is 1.72. The highest BCUT2D eigenvalue weighted by molar-refractivity contribution is 7.98. The Hall–Kier alpha value is -2.73. The fourth-order valence-corrected chi connectivity index (χ4v) is 5.56. The first kappa shape index (κ1) is 21.1. The van der Waals surface area contributed by atoms with Gasteiger partial charge in [0.25, 0.3) is 0 Å². The third-order valence-electron chi connectivity index (χ3n) is 6.78. The normalized spacial score (nSPS) is 18.4. The number of aromatic amines is 1. The van der Waals surface area contributed by atoms with E-state index in [1.165, 1.54) is 15.8 Å². The molecule has 1 saturated heterocycles. The standard InChI is InChI=1S/C26H29N3O2S/c1-32-19-12-10-18(11-13-19)26-25-21(20-6-2-3-7-22(20)27-25)14-17-29(26)24(31)9-5-16-28-15-4-8-23(28)30/h2-3,6-7,10-13,26-27H,4-5,8-9,14-17H2,1H3/t26-/m0/s1. The number of H-pyrrole nitrogens is 1. The minimum Gasteiger partial charge on any atom is -0.356 e. The second-order valence-corrected chi connectivity index (χ2v) is 9.54. The Morgan fingerprint density at radius 3 is 2.66 bits per heavy atom. The van der Waals surface area contributed by atoms with Crippen molar-refractivity contribution in [2.45, 2.75) is 43.0 Å². The zero-order chi connectivity index (χ0) is 22.1. The summed E-state index contributed by atoms with van der Waals surface area (Å²) in [6, 6.07) is 16.9. The minimum absolute atomic E-state index is 0.108. The molecule has 0 radical (unpaired) electrons. The van der Waals surface area contributed by atoms with Crippen molar-refractivity contribution >= 4 is 34.5 Å².